The average molecular weight is 262 g/mol. The third-order valence-electron chi connectivity index (χ3n) is 3.60. The minimum Gasteiger partial charge on any atom is -0.368 e. The fraction of sp³-hybridized carbons (Fsp3) is 0.667. The molecule has 0 aromatic carbocycles. The quantitative estimate of drug-likeness (QED) is 0.900. The number of nitrogens with two attached hydrogens (primary N) is 1. The predicted octanol–water partition coefficient (Wildman–Crippen LogP) is 1.88. The molecule has 1 aliphatic rings. The van der Waals surface area contributed by atoms with Crippen molar-refractivity contribution in [2.75, 3.05) is 37.6 Å². The third-order valence-corrected chi connectivity index (χ3v) is 3.60. The van der Waals surface area contributed by atoms with Crippen LogP contribution in [0, 0.1) is 5.92 Å². The zero-order valence-corrected chi connectivity index (χ0v) is 12.3. The van der Waals surface area contributed by atoms with Gasteiger partial charge in [0.25, 0.3) is 0 Å². The smallest absolute Gasteiger partial charge is 0.0569 e. The van der Waals surface area contributed by atoms with Gasteiger partial charge in [0.2, 0.25) is 0 Å². The maximum Gasteiger partial charge on any atom is 0.0569 e. The Balaban J connectivity index is 1.90. The largest absolute Gasteiger partial charge is 0.368 e. The molecule has 1 fully saturated rings. The van der Waals surface area contributed by atoms with Gasteiger partial charge in [0.15, 0.2) is 0 Å². The van der Waals surface area contributed by atoms with E-state index in [-0.39, 0.29) is 6.04 Å². The van der Waals surface area contributed by atoms with Crippen molar-refractivity contribution in [3.05, 3.63) is 24.0 Å². The number of rotatable bonds is 4. The van der Waals surface area contributed by atoms with Gasteiger partial charge in [-0.05, 0) is 25.0 Å². The monoisotopic (exact) mass is 262 g/mol. The molecule has 0 unspecified atom stereocenters. The van der Waals surface area contributed by atoms with Crippen molar-refractivity contribution in [1.29, 1.82) is 0 Å². The molecule has 0 radical (unpaired) electrons. The molecule has 19 heavy (non-hydrogen) atoms. The lowest BCUT2D eigenvalue weighted by molar-refractivity contribution is 0.231. The first-order valence-corrected chi connectivity index (χ1v) is 7.25. The van der Waals surface area contributed by atoms with Gasteiger partial charge < -0.3 is 10.6 Å². The van der Waals surface area contributed by atoms with E-state index in [1.807, 2.05) is 19.2 Å². The fourth-order valence-corrected chi connectivity index (χ4v) is 2.56. The topological polar surface area (TPSA) is 45.4 Å². The molecule has 1 saturated heterocycles. The van der Waals surface area contributed by atoms with E-state index in [2.05, 4.69) is 34.7 Å². The van der Waals surface area contributed by atoms with Gasteiger partial charge in [-0.2, -0.15) is 0 Å². The van der Waals surface area contributed by atoms with E-state index in [1.165, 1.54) is 12.2 Å². The SMILES string of the molecule is CC(C)CN1CCN(c2ccc([C@H](C)N)nc2)CC1. The Hall–Kier alpha value is -1.13. The first-order valence-electron chi connectivity index (χ1n) is 7.25. The summed E-state index contributed by atoms with van der Waals surface area (Å²) in [4.78, 5) is 9.40. The van der Waals surface area contributed by atoms with Gasteiger partial charge in [-0.25, -0.2) is 0 Å². The summed E-state index contributed by atoms with van der Waals surface area (Å²) in [5.41, 5.74) is 8.00. The first-order chi connectivity index (χ1) is 9.06. The van der Waals surface area contributed by atoms with E-state index in [1.54, 1.807) is 0 Å². The molecular weight excluding hydrogens is 236 g/mol. The summed E-state index contributed by atoms with van der Waals surface area (Å²) in [6, 6.07) is 4.20. The van der Waals surface area contributed by atoms with Crippen LogP contribution in [0.3, 0.4) is 0 Å². The van der Waals surface area contributed by atoms with Crippen LogP contribution in [0.15, 0.2) is 18.3 Å². The second-order valence-corrected chi connectivity index (χ2v) is 5.91. The van der Waals surface area contributed by atoms with E-state index >= 15 is 0 Å². The summed E-state index contributed by atoms with van der Waals surface area (Å²) in [6.45, 7) is 12.2. The lowest BCUT2D eigenvalue weighted by atomic mass is 10.2. The Labute approximate surface area is 116 Å². The third kappa shape index (κ3) is 3.91. The molecule has 2 heterocycles. The van der Waals surface area contributed by atoms with Crippen LogP contribution >= 0.6 is 0 Å². The van der Waals surface area contributed by atoms with Gasteiger partial charge in [0.1, 0.15) is 0 Å². The molecule has 2 rings (SSSR count). The molecule has 1 aromatic heterocycles. The van der Waals surface area contributed by atoms with E-state index in [0.29, 0.717) is 0 Å². The number of hydrogen-bond donors (Lipinski definition) is 1. The fourth-order valence-electron chi connectivity index (χ4n) is 2.56. The number of hydrogen-bond acceptors (Lipinski definition) is 4. The van der Waals surface area contributed by atoms with Crippen molar-refractivity contribution >= 4 is 5.69 Å². The lowest BCUT2D eigenvalue weighted by Gasteiger charge is -2.36. The highest BCUT2D eigenvalue weighted by Gasteiger charge is 2.17. The van der Waals surface area contributed by atoms with Crippen LogP contribution in [-0.2, 0) is 0 Å². The van der Waals surface area contributed by atoms with E-state index < -0.39 is 0 Å². The predicted molar refractivity (Wildman–Crippen MR) is 80.3 cm³/mol. The molecule has 0 bridgehead atoms. The van der Waals surface area contributed by atoms with Crippen molar-refractivity contribution in [2.45, 2.75) is 26.8 Å². The van der Waals surface area contributed by atoms with Crippen LogP contribution < -0.4 is 10.6 Å². The molecule has 0 aliphatic carbocycles. The highest BCUT2D eigenvalue weighted by Crippen LogP contribution is 2.17. The molecule has 0 amide bonds. The van der Waals surface area contributed by atoms with Crippen LogP contribution in [0.4, 0.5) is 5.69 Å². The number of aromatic nitrogens is 1. The Kier molecular flexibility index (Phi) is 4.77. The Morgan fingerprint density at radius 1 is 1.16 bits per heavy atom. The molecule has 0 saturated carbocycles. The normalized spacial score (nSPS) is 18.9. The van der Waals surface area contributed by atoms with Crippen molar-refractivity contribution in [1.82, 2.24) is 9.88 Å². The van der Waals surface area contributed by atoms with E-state index in [4.69, 9.17) is 5.73 Å². The van der Waals surface area contributed by atoms with Crippen molar-refractivity contribution in [3.63, 3.8) is 0 Å². The molecule has 4 nitrogen and oxygen atoms in total. The molecule has 4 heteroatoms. The van der Waals surface area contributed by atoms with Gasteiger partial charge in [-0.3, -0.25) is 9.88 Å². The van der Waals surface area contributed by atoms with Gasteiger partial charge in [0, 0.05) is 38.8 Å². The second-order valence-electron chi connectivity index (χ2n) is 5.91. The summed E-state index contributed by atoms with van der Waals surface area (Å²) in [5.74, 6) is 0.749. The van der Waals surface area contributed by atoms with Crippen molar-refractivity contribution in [2.24, 2.45) is 11.7 Å². The van der Waals surface area contributed by atoms with Gasteiger partial charge >= 0.3 is 0 Å². The first kappa shape index (κ1) is 14.3. The summed E-state index contributed by atoms with van der Waals surface area (Å²) < 4.78 is 0. The standard InChI is InChI=1S/C15H26N4/c1-12(2)11-18-6-8-19(9-7-18)14-4-5-15(13(3)16)17-10-14/h4-5,10,12-13H,6-9,11,16H2,1-3H3/t13-/m0/s1. The summed E-state index contributed by atoms with van der Waals surface area (Å²) in [7, 11) is 0. The zero-order chi connectivity index (χ0) is 13.8. The van der Waals surface area contributed by atoms with Gasteiger partial charge in [-0.1, -0.05) is 13.8 Å². The molecule has 2 N–H and O–H groups in total. The molecule has 0 spiro atoms. The molecule has 1 aliphatic heterocycles. The Bertz CT molecular complexity index is 378. The van der Waals surface area contributed by atoms with E-state index in [9.17, 15) is 0 Å². The van der Waals surface area contributed by atoms with Gasteiger partial charge in [-0.15, -0.1) is 0 Å². The number of pyridine rings is 1. The lowest BCUT2D eigenvalue weighted by Crippen LogP contribution is -2.47. The Morgan fingerprint density at radius 3 is 2.32 bits per heavy atom. The average Bonchev–Trinajstić information content (AvgIpc) is 2.39. The highest BCUT2D eigenvalue weighted by atomic mass is 15.3. The van der Waals surface area contributed by atoms with Crippen LogP contribution in [0.5, 0.6) is 0 Å². The van der Waals surface area contributed by atoms with Gasteiger partial charge in [0.05, 0.1) is 17.6 Å². The zero-order valence-electron chi connectivity index (χ0n) is 12.3. The number of nitrogens with zero attached hydrogens (tertiary/aromatic N) is 3. The van der Waals surface area contributed by atoms with Crippen LogP contribution in [0.2, 0.25) is 0 Å². The maximum absolute atomic E-state index is 5.82. The number of anilines is 1. The van der Waals surface area contributed by atoms with Crippen LogP contribution in [-0.4, -0.2) is 42.6 Å². The molecular formula is C15H26N4. The van der Waals surface area contributed by atoms with Crippen LogP contribution in [0.25, 0.3) is 0 Å². The van der Waals surface area contributed by atoms with Crippen molar-refractivity contribution < 1.29 is 0 Å². The van der Waals surface area contributed by atoms with Crippen LogP contribution in [0.1, 0.15) is 32.5 Å². The molecule has 1 atom stereocenters. The molecule has 1 aromatic rings. The minimum absolute atomic E-state index is 0.0111. The second kappa shape index (κ2) is 6.35. The number of piperazine rings is 1. The molecule has 106 valence electrons. The minimum atomic E-state index is 0.0111. The summed E-state index contributed by atoms with van der Waals surface area (Å²) in [6.07, 6.45) is 1.96. The van der Waals surface area contributed by atoms with Crippen molar-refractivity contribution in [3.8, 4) is 0 Å². The summed E-state index contributed by atoms with van der Waals surface area (Å²) in [5, 5.41) is 0. The van der Waals surface area contributed by atoms with E-state index in [0.717, 1.165) is 37.8 Å². The highest BCUT2D eigenvalue weighted by molar-refractivity contribution is 5.45. The maximum atomic E-state index is 5.82. The Morgan fingerprint density at radius 2 is 1.84 bits per heavy atom. The summed E-state index contributed by atoms with van der Waals surface area (Å²) >= 11 is 0.